The van der Waals surface area contributed by atoms with Crippen LogP contribution in [0.25, 0.3) is 0 Å². The van der Waals surface area contributed by atoms with Gasteiger partial charge in [0, 0.05) is 32.4 Å². The molecular formula is C14H17ClN4O2S2. The molecule has 1 aliphatic heterocycles. The molecule has 2 aromatic heterocycles. The lowest BCUT2D eigenvalue weighted by Gasteiger charge is -2.22. The quantitative estimate of drug-likeness (QED) is 0.827. The highest BCUT2D eigenvalue weighted by molar-refractivity contribution is 7.91. The fourth-order valence-corrected chi connectivity index (χ4v) is 5.65. The van der Waals surface area contributed by atoms with Gasteiger partial charge in [-0.3, -0.25) is 0 Å². The van der Waals surface area contributed by atoms with Crippen molar-refractivity contribution >= 4 is 38.8 Å². The minimum atomic E-state index is -3.47. The van der Waals surface area contributed by atoms with Crippen molar-refractivity contribution in [1.29, 1.82) is 0 Å². The number of aromatic nitrogens is 2. The topological polar surface area (TPSA) is 66.4 Å². The summed E-state index contributed by atoms with van der Waals surface area (Å²) in [5.41, 5.74) is 0. The van der Waals surface area contributed by atoms with Crippen LogP contribution in [0.1, 0.15) is 12.2 Å². The van der Waals surface area contributed by atoms with Crippen LogP contribution in [0.4, 0.5) is 5.82 Å². The van der Waals surface area contributed by atoms with E-state index in [-0.39, 0.29) is 0 Å². The third kappa shape index (κ3) is 3.65. The van der Waals surface area contributed by atoms with Crippen molar-refractivity contribution in [1.82, 2.24) is 14.3 Å². The van der Waals surface area contributed by atoms with Gasteiger partial charge >= 0.3 is 0 Å². The van der Waals surface area contributed by atoms with Crippen molar-refractivity contribution in [2.24, 2.45) is 0 Å². The molecule has 0 amide bonds. The van der Waals surface area contributed by atoms with E-state index >= 15 is 0 Å². The smallest absolute Gasteiger partial charge is 0.252 e. The van der Waals surface area contributed by atoms with Crippen molar-refractivity contribution in [3.8, 4) is 0 Å². The van der Waals surface area contributed by atoms with E-state index in [4.69, 9.17) is 11.6 Å². The highest BCUT2D eigenvalue weighted by Crippen LogP contribution is 2.28. The van der Waals surface area contributed by atoms with E-state index in [9.17, 15) is 8.42 Å². The molecule has 0 unspecified atom stereocenters. The normalized spacial score (nSPS) is 17.2. The summed E-state index contributed by atoms with van der Waals surface area (Å²) < 4.78 is 27.7. The van der Waals surface area contributed by atoms with Crippen LogP contribution in [-0.4, -0.2) is 48.9 Å². The molecule has 0 spiro atoms. The maximum Gasteiger partial charge on any atom is 0.252 e. The maximum atomic E-state index is 12.7. The van der Waals surface area contributed by atoms with E-state index in [0.717, 1.165) is 30.1 Å². The molecule has 0 atom stereocenters. The minimum absolute atomic E-state index is 0.300. The Kier molecular flexibility index (Phi) is 4.86. The SMILES string of the molecule is Cc1nccc(N2CCCN(S(=O)(=O)c3ccc(Cl)s3)CC2)n1. The standard InChI is InChI=1S/C14H17ClN4O2S2/c1-11-16-6-5-13(17-11)18-7-2-8-19(10-9-18)23(20,21)14-4-3-12(15)22-14/h3-6H,2,7-10H2,1H3. The molecule has 0 radical (unpaired) electrons. The first-order valence-corrected chi connectivity index (χ1v) is 9.90. The monoisotopic (exact) mass is 372 g/mol. The van der Waals surface area contributed by atoms with Crippen molar-refractivity contribution in [2.45, 2.75) is 17.6 Å². The predicted molar refractivity (Wildman–Crippen MR) is 91.7 cm³/mol. The summed E-state index contributed by atoms with van der Waals surface area (Å²) in [6, 6.07) is 5.04. The van der Waals surface area contributed by atoms with Crippen LogP contribution in [0.3, 0.4) is 0 Å². The summed E-state index contributed by atoms with van der Waals surface area (Å²) in [6.07, 6.45) is 2.48. The lowest BCUT2D eigenvalue weighted by atomic mass is 10.4. The van der Waals surface area contributed by atoms with Crippen molar-refractivity contribution in [2.75, 3.05) is 31.1 Å². The van der Waals surface area contributed by atoms with Crippen LogP contribution in [-0.2, 0) is 10.0 Å². The number of sulfonamides is 1. The molecule has 124 valence electrons. The summed E-state index contributed by atoms with van der Waals surface area (Å²) in [5.74, 6) is 1.56. The Morgan fingerprint density at radius 1 is 1.17 bits per heavy atom. The van der Waals surface area contributed by atoms with E-state index in [2.05, 4.69) is 14.9 Å². The molecule has 3 heterocycles. The first-order chi connectivity index (χ1) is 11.0. The Labute approximate surface area is 144 Å². The van der Waals surface area contributed by atoms with Gasteiger partial charge in [-0.15, -0.1) is 11.3 Å². The number of thiophene rings is 1. The van der Waals surface area contributed by atoms with Crippen molar-refractivity contribution in [3.05, 3.63) is 34.6 Å². The molecule has 1 aliphatic rings. The molecule has 0 N–H and O–H groups in total. The van der Waals surface area contributed by atoms with Gasteiger partial charge in [-0.1, -0.05) is 11.6 Å². The summed E-state index contributed by atoms with van der Waals surface area (Å²) >= 11 is 6.96. The molecule has 9 heteroatoms. The molecule has 0 saturated carbocycles. The first-order valence-electron chi connectivity index (χ1n) is 7.27. The fraction of sp³-hybridized carbons (Fsp3) is 0.429. The van der Waals surface area contributed by atoms with Crippen molar-refractivity contribution in [3.63, 3.8) is 0 Å². The molecule has 6 nitrogen and oxygen atoms in total. The third-order valence-corrected chi connectivity index (χ3v) is 7.28. The average Bonchev–Trinajstić information content (AvgIpc) is 2.81. The Balaban J connectivity index is 1.76. The highest BCUT2D eigenvalue weighted by atomic mass is 35.5. The van der Waals surface area contributed by atoms with Crippen molar-refractivity contribution < 1.29 is 8.42 Å². The Morgan fingerprint density at radius 2 is 2.00 bits per heavy atom. The van der Waals surface area contributed by atoms with Crippen LogP contribution in [0.5, 0.6) is 0 Å². The summed E-state index contributed by atoms with van der Waals surface area (Å²) in [7, 11) is -3.47. The van der Waals surface area contributed by atoms with Crippen LogP contribution in [0.15, 0.2) is 28.6 Å². The number of hydrogen-bond donors (Lipinski definition) is 0. The number of halogens is 1. The molecule has 2 aromatic rings. The van der Waals surface area contributed by atoms with Gasteiger partial charge < -0.3 is 4.90 Å². The maximum absolute atomic E-state index is 12.7. The molecule has 3 rings (SSSR count). The summed E-state index contributed by atoms with van der Waals surface area (Å²) in [5, 5.41) is 0. The van der Waals surface area contributed by atoms with Gasteiger partial charge in [0.2, 0.25) is 0 Å². The molecule has 23 heavy (non-hydrogen) atoms. The van der Waals surface area contributed by atoms with Gasteiger partial charge in [0.1, 0.15) is 15.9 Å². The van der Waals surface area contributed by atoms with Gasteiger partial charge in [0.05, 0.1) is 4.34 Å². The van der Waals surface area contributed by atoms with E-state index < -0.39 is 10.0 Å². The lowest BCUT2D eigenvalue weighted by molar-refractivity contribution is 0.434. The van der Waals surface area contributed by atoms with E-state index in [0.29, 0.717) is 34.0 Å². The molecular weight excluding hydrogens is 356 g/mol. The van der Waals surface area contributed by atoms with Gasteiger partial charge in [-0.2, -0.15) is 4.31 Å². The minimum Gasteiger partial charge on any atom is -0.355 e. The van der Waals surface area contributed by atoms with Crippen LogP contribution in [0.2, 0.25) is 4.34 Å². The third-order valence-electron chi connectivity index (χ3n) is 3.68. The summed E-state index contributed by atoms with van der Waals surface area (Å²) in [4.78, 5) is 10.6. The van der Waals surface area contributed by atoms with Gasteiger partial charge in [0.15, 0.2) is 0 Å². The van der Waals surface area contributed by atoms with Gasteiger partial charge in [-0.25, -0.2) is 18.4 Å². The van der Waals surface area contributed by atoms with Gasteiger partial charge in [-0.05, 0) is 31.5 Å². The Morgan fingerprint density at radius 3 is 2.70 bits per heavy atom. The number of anilines is 1. The fourth-order valence-electron chi connectivity index (χ4n) is 2.55. The van der Waals surface area contributed by atoms with Crippen LogP contribution < -0.4 is 4.90 Å². The van der Waals surface area contributed by atoms with Crippen LogP contribution >= 0.6 is 22.9 Å². The Bertz CT molecular complexity index is 794. The second-order valence-corrected chi connectivity index (χ2v) is 9.15. The van der Waals surface area contributed by atoms with Crippen LogP contribution in [0, 0.1) is 6.92 Å². The van der Waals surface area contributed by atoms with E-state index in [1.54, 1.807) is 18.3 Å². The number of rotatable bonds is 3. The van der Waals surface area contributed by atoms with E-state index in [1.165, 1.54) is 4.31 Å². The molecule has 1 saturated heterocycles. The largest absolute Gasteiger partial charge is 0.355 e. The molecule has 0 aromatic carbocycles. The second-order valence-electron chi connectivity index (χ2n) is 5.27. The highest BCUT2D eigenvalue weighted by Gasteiger charge is 2.28. The molecule has 0 bridgehead atoms. The second kappa shape index (κ2) is 6.72. The number of hydrogen-bond acceptors (Lipinski definition) is 6. The number of nitrogens with zero attached hydrogens (tertiary/aromatic N) is 4. The number of aryl methyl sites for hydroxylation is 1. The zero-order chi connectivity index (χ0) is 16.4. The lowest BCUT2D eigenvalue weighted by Crippen LogP contribution is -2.35. The zero-order valence-corrected chi connectivity index (χ0v) is 15.0. The zero-order valence-electron chi connectivity index (χ0n) is 12.6. The predicted octanol–water partition coefficient (Wildman–Crippen LogP) is 2.40. The average molecular weight is 373 g/mol. The molecule has 0 aliphatic carbocycles. The van der Waals surface area contributed by atoms with E-state index in [1.807, 2.05) is 13.0 Å². The van der Waals surface area contributed by atoms with Gasteiger partial charge in [0.25, 0.3) is 10.0 Å². The molecule has 1 fully saturated rings. The summed E-state index contributed by atoms with van der Waals surface area (Å²) in [6.45, 7) is 4.15. The Hall–Kier alpha value is -1.22. The first kappa shape index (κ1) is 16.6.